The maximum atomic E-state index is 8.64. The van der Waals surface area contributed by atoms with E-state index >= 15 is 0 Å². The summed E-state index contributed by atoms with van der Waals surface area (Å²) in [5, 5.41) is 25.5. The lowest BCUT2D eigenvalue weighted by atomic mass is 10.0. The van der Waals surface area contributed by atoms with Gasteiger partial charge in [0, 0.05) is 6.54 Å². The van der Waals surface area contributed by atoms with Crippen LogP contribution in [0, 0.1) is 10.1 Å². The molecule has 158 valence electrons. The van der Waals surface area contributed by atoms with Crippen LogP contribution in [0.25, 0.3) is 0 Å². The van der Waals surface area contributed by atoms with Crippen molar-refractivity contribution in [3.8, 4) is 0 Å². The summed E-state index contributed by atoms with van der Waals surface area (Å²) >= 11 is 0. The van der Waals surface area contributed by atoms with Crippen LogP contribution in [0.1, 0.15) is 110 Å². The van der Waals surface area contributed by atoms with Crippen molar-refractivity contribution in [2.75, 3.05) is 19.7 Å². The smallest absolute Gasteiger partial charge is 0.291 e. The molecule has 0 fully saturated rings. The van der Waals surface area contributed by atoms with Gasteiger partial charge in [0.25, 0.3) is 5.09 Å². The number of aliphatic hydroxyl groups excluding tert-OH is 1. The molecule has 0 saturated heterocycles. The Morgan fingerprint density at radius 1 is 0.692 bits per heavy atom. The summed E-state index contributed by atoms with van der Waals surface area (Å²) in [4.78, 5) is 8.36. The molecule has 0 aromatic rings. The first kappa shape index (κ1) is 27.3. The summed E-state index contributed by atoms with van der Waals surface area (Å²) < 4.78 is 0. The molecule has 0 aliphatic rings. The Bertz CT molecular complexity index is 242. The van der Waals surface area contributed by atoms with Gasteiger partial charge in [-0.05, 0) is 13.0 Å². The third-order valence-electron chi connectivity index (χ3n) is 4.50. The molecule has 0 radical (unpaired) electrons. The molecule has 6 heteroatoms. The highest BCUT2D eigenvalue weighted by atomic mass is 16.9. The number of hydrogen-bond donors (Lipinski definition) is 3. The molecule has 0 saturated carbocycles. The van der Waals surface area contributed by atoms with Crippen LogP contribution in [0.4, 0.5) is 0 Å². The van der Waals surface area contributed by atoms with Crippen LogP contribution in [0.3, 0.4) is 0 Å². The molecule has 0 bridgehead atoms. The molecule has 0 spiro atoms. The minimum atomic E-state index is -1.50. The molecule has 0 atom stereocenters. The zero-order valence-corrected chi connectivity index (χ0v) is 17.1. The monoisotopic (exact) mass is 376 g/mol. The van der Waals surface area contributed by atoms with Gasteiger partial charge in [0.1, 0.15) is 0 Å². The number of nitrogens with zero attached hydrogens (tertiary/aromatic N) is 1. The van der Waals surface area contributed by atoms with Gasteiger partial charge in [0.2, 0.25) is 0 Å². The minimum absolute atomic E-state index is 0.263. The lowest BCUT2D eigenvalue weighted by Gasteiger charge is -2.04. The molecule has 3 N–H and O–H groups in total. The zero-order valence-electron chi connectivity index (χ0n) is 17.1. The maximum Gasteiger partial charge on any atom is 0.291 e. The maximum absolute atomic E-state index is 8.64. The van der Waals surface area contributed by atoms with E-state index in [1.807, 2.05) is 0 Å². The predicted octanol–water partition coefficient (Wildman–Crippen LogP) is 5.48. The van der Waals surface area contributed by atoms with E-state index in [-0.39, 0.29) is 6.61 Å². The summed E-state index contributed by atoms with van der Waals surface area (Å²) in [6.07, 6.45) is 22.8. The SMILES string of the molecule is CCCCCCCCCCCCCCCCCCNCCO.O=[N+]([O-])O. The Hall–Kier alpha value is -0.880. The van der Waals surface area contributed by atoms with Crippen molar-refractivity contribution < 1.29 is 15.4 Å². The van der Waals surface area contributed by atoms with Crippen LogP contribution in [0.2, 0.25) is 0 Å². The Balaban J connectivity index is 0. The third-order valence-corrected chi connectivity index (χ3v) is 4.50. The van der Waals surface area contributed by atoms with Crippen molar-refractivity contribution in [3.63, 3.8) is 0 Å². The predicted molar refractivity (Wildman–Crippen MR) is 108 cm³/mol. The van der Waals surface area contributed by atoms with E-state index in [9.17, 15) is 0 Å². The van der Waals surface area contributed by atoms with Crippen LogP contribution in [-0.4, -0.2) is 35.1 Å². The van der Waals surface area contributed by atoms with Crippen LogP contribution >= 0.6 is 0 Å². The van der Waals surface area contributed by atoms with E-state index in [2.05, 4.69) is 12.2 Å². The lowest BCUT2D eigenvalue weighted by molar-refractivity contribution is -0.742. The van der Waals surface area contributed by atoms with E-state index in [1.54, 1.807) is 0 Å². The van der Waals surface area contributed by atoms with Crippen molar-refractivity contribution in [2.45, 2.75) is 110 Å². The third kappa shape index (κ3) is 34.5. The van der Waals surface area contributed by atoms with Gasteiger partial charge >= 0.3 is 0 Å². The average molecular weight is 377 g/mol. The summed E-state index contributed by atoms with van der Waals surface area (Å²) in [5.41, 5.74) is 0. The summed E-state index contributed by atoms with van der Waals surface area (Å²) in [7, 11) is 0. The molecule has 0 heterocycles. The summed E-state index contributed by atoms with van der Waals surface area (Å²) in [6.45, 7) is 4.37. The lowest BCUT2D eigenvalue weighted by Crippen LogP contribution is -2.19. The highest BCUT2D eigenvalue weighted by molar-refractivity contribution is 4.51. The number of unbranched alkanes of at least 4 members (excludes halogenated alkanes) is 15. The minimum Gasteiger partial charge on any atom is -0.395 e. The quantitative estimate of drug-likeness (QED) is 0.157. The van der Waals surface area contributed by atoms with Crippen molar-refractivity contribution in [1.29, 1.82) is 0 Å². The molecule has 0 amide bonds. The number of rotatable bonds is 19. The molecule has 0 rings (SSSR count). The molecular formula is C20H44N2O4. The van der Waals surface area contributed by atoms with Gasteiger partial charge in [0.15, 0.2) is 0 Å². The van der Waals surface area contributed by atoms with E-state index < -0.39 is 5.09 Å². The first-order valence-corrected chi connectivity index (χ1v) is 10.8. The summed E-state index contributed by atoms with van der Waals surface area (Å²) in [5.74, 6) is 0. The van der Waals surface area contributed by atoms with Crippen molar-refractivity contribution in [3.05, 3.63) is 10.1 Å². The fourth-order valence-corrected chi connectivity index (χ4v) is 3.00. The van der Waals surface area contributed by atoms with Gasteiger partial charge in [0.05, 0.1) is 6.61 Å². The van der Waals surface area contributed by atoms with Gasteiger partial charge < -0.3 is 15.6 Å². The van der Waals surface area contributed by atoms with Crippen LogP contribution in [-0.2, 0) is 0 Å². The molecule has 26 heavy (non-hydrogen) atoms. The van der Waals surface area contributed by atoms with E-state index in [4.69, 9.17) is 20.4 Å². The number of nitrogens with one attached hydrogen (secondary N) is 1. The summed E-state index contributed by atoms with van der Waals surface area (Å²) in [6, 6.07) is 0. The number of hydrogen-bond acceptors (Lipinski definition) is 4. The number of aliphatic hydroxyl groups is 1. The largest absolute Gasteiger partial charge is 0.395 e. The van der Waals surface area contributed by atoms with Crippen LogP contribution in [0.5, 0.6) is 0 Å². The normalized spacial score (nSPS) is 10.4. The zero-order chi connectivity index (χ0) is 19.7. The second-order valence-electron chi connectivity index (χ2n) is 7.01. The molecule has 0 aromatic heterocycles. The van der Waals surface area contributed by atoms with Gasteiger partial charge in [-0.1, -0.05) is 103 Å². The molecule has 0 unspecified atom stereocenters. The van der Waals surface area contributed by atoms with E-state index in [1.165, 1.54) is 103 Å². The Labute approximate surface area is 160 Å². The molecular weight excluding hydrogens is 332 g/mol. The standard InChI is InChI=1S/C20H43NO.HNO3/c1-2-3-4-5-6-7-8-9-10-11-12-13-14-15-16-17-18-21-19-20-22;2-1(3)4/h21-22H,2-20H2,1H3;(H,2,3,4). The average Bonchev–Trinajstić information content (AvgIpc) is 2.60. The van der Waals surface area contributed by atoms with Crippen LogP contribution < -0.4 is 5.32 Å². The Morgan fingerprint density at radius 3 is 1.31 bits per heavy atom. The van der Waals surface area contributed by atoms with Crippen molar-refractivity contribution in [2.24, 2.45) is 0 Å². The second kappa shape index (κ2) is 26.4. The second-order valence-corrected chi connectivity index (χ2v) is 7.01. The first-order valence-electron chi connectivity index (χ1n) is 10.8. The highest BCUT2D eigenvalue weighted by Gasteiger charge is 1.94. The van der Waals surface area contributed by atoms with Gasteiger partial charge in [-0.25, -0.2) is 0 Å². The van der Waals surface area contributed by atoms with E-state index in [0.717, 1.165) is 13.1 Å². The first-order chi connectivity index (χ1) is 12.6. The van der Waals surface area contributed by atoms with E-state index in [0.29, 0.717) is 0 Å². The van der Waals surface area contributed by atoms with Crippen LogP contribution in [0.15, 0.2) is 0 Å². The highest BCUT2D eigenvalue weighted by Crippen LogP contribution is 2.13. The fraction of sp³-hybridized carbons (Fsp3) is 1.00. The Kier molecular flexibility index (Phi) is 27.7. The Morgan fingerprint density at radius 2 is 1.00 bits per heavy atom. The van der Waals surface area contributed by atoms with Crippen molar-refractivity contribution >= 4 is 0 Å². The van der Waals surface area contributed by atoms with Gasteiger partial charge in [-0.2, -0.15) is 0 Å². The van der Waals surface area contributed by atoms with Crippen molar-refractivity contribution in [1.82, 2.24) is 5.32 Å². The van der Waals surface area contributed by atoms with Gasteiger partial charge in [-0.15, -0.1) is 10.1 Å². The topological polar surface area (TPSA) is 95.6 Å². The molecule has 0 aromatic carbocycles. The fourth-order valence-electron chi connectivity index (χ4n) is 3.00. The molecule has 0 aliphatic carbocycles. The molecule has 0 aliphatic heterocycles. The van der Waals surface area contributed by atoms with Gasteiger partial charge in [-0.3, -0.25) is 0 Å². The molecule has 6 nitrogen and oxygen atoms in total.